The van der Waals surface area contributed by atoms with Crippen LogP contribution in [0.5, 0.6) is 0 Å². The van der Waals surface area contributed by atoms with Crippen LogP contribution in [0.1, 0.15) is 41.9 Å². The van der Waals surface area contributed by atoms with Gasteiger partial charge in [0.2, 0.25) is 0 Å². The van der Waals surface area contributed by atoms with Crippen LogP contribution in [0.2, 0.25) is 0 Å². The van der Waals surface area contributed by atoms with E-state index in [-0.39, 0.29) is 12.3 Å². The van der Waals surface area contributed by atoms with Crippen molar-refractivity contribution in [1.29, 1.82) is 0 Å². The summed E-state index contributed by atoms with van der Waals surface area (Å²) < 4.78 is 5.02. The Labute approximate surface area is 105 Å². The summed E-state index contributed by atoms with van der Waals surface area (Å²) in [5.41, 5.74) is -0.0549. The predicted molar refractivity (Wildman–Crippen MR) is 63.2 cm³/mol. The van der Waals surface area contributed by atoms with E-state index in [0.717, 1.165) is 25.8 Å². The number of aromatic nitrogens is 1. The van der Waals surface area contributed by atoms with E-state index in [1.807, 2.05) is 0 Å². The Kier molecular flexibility index (Phi) is 4.33. The molecule has 18 heavy (non-hydrogen) atoms. The molecule has 0 aliphatic carbocycles. The number of likely N-dealkylation sites (tertiary alicyclic amines) is 1. The van der Waals surface area contributed by atoms with E-state index in [1.165, 1.54) is 12.5 Å². The first-order valence-corrected chi connectivity index (χ1v) is 6.24. The summed E-state index contributed by atoms with van der Waals surface area (Å²) >= 11 is 0. The number of piperidine rings is 1. The molecule has 2 heterocycles. The van der Waals surface area contributed by atoms with Crippen molar-refractivity contribution in [3.8, 4) is 0 Å². The van der Waals surface area contributed by atoms with Crippen LogP contribution in [0.4, 0.5) is 0 Å². The topological polar surface area (TPSA) is 86.8 Å². The summed E-state index contributed by atoms with van der Waals surface area (Å²) in [5, 5.41) is 21.3. The minimum atomic E-state index is -1.07. The molecule has 0 aromatic carbocycles. The number of aromatic carboxylic acids is 1. The normalized spacial score (nSPS) is 21.1. The third kappa shape index (κ3) is 3.08. The van der Waals surface area contributed by atoms with E-state index in [4.69, 9.17) is 14.7 Å². The monoisotopic (exact) mass is 254 g/mol. The van der Waals surface area contributed by atoms with Crippen LogP contribution in [-0.2, 0) is 6.54 Å². The van der Waals surface area contributed by atoms with Gasteiger partial charge in [-0.1, -0.05) is 11.6 Å². The number of aliphatic hydroxyl groups is 1. The molecular weight excluding hydrogens is 236 g/mol. The lowest BCUT2D eigenvalue weighted by molar-refractivity contribution is 0.0685. The molecule has 1 saturated heterocycles. The van der Waals surface area contributed by atoms with Gasteiger partial charge < -0.3 is 14.7 Å². The maximum atomic E-state index is 10.7. The lowest BCUT2D eigenvalue weighted by Crippen LogP contribution is -2.39. The van der Waals surface area contributed by atoms with Gasteiger partial charge in [-0.15, -0.1) is 0 Å². The van der Waals surface area contributed by atoms with E-state index < -0.39 is 5.97 Å². The largest absolute Gasteiger partial charge is 0.476 e. The van der Waals surface area contributed by atoms with Crippen molar-refractivity contribution in [3.05, 3.63) is 17.5 Å². The number of carboxylic acids is 1. The number of nitrogens with zero attached hydrogens (tertiary/aromatic N) is 2. The highest BCUT2D eigenvalue weighted by molar-refractivity contribution is 5.85. The van der Waals surface area contributed by atoms with E-state index >= 15 is 0 Å². The SMILES string of the molecule is O=C(O)c1cc(CN2CCCCC2CCO)on1. The van der Waals surface area contributed by atoms with Crippen LogP contribution in [0.3, 0.4) is 0 Å². The lowest BCUT2D eigenvalue weighted by atomic mass is 9.99. The standard InChI is InChI=1S/C12H18N2O4/c15-6-4-9-3-1-2-5-14(9)8-10-7-11(12(16)17)13-18-10/h7,9,15H,1-6,8H2,(H,16,17). The van der Waals surface area contributed by atoms with E-state index in [1.54, 1.807) is 0 Å². The zero-order chi connectivity index (χ0) is 13.0. The summed E-state index contributed by atoms with van der Waals surface area (Å²) in [7, 11) is 0. The zero-order valence-corrected chi connectivity index (χ0v) is 10.2. The summed E-state index contributed by atoms with van der Waals surface area (Å²) in [5.74, 6) is -0.507. The maximum Gasteiger partial charge on any atom is 0.358 e. The van der Waals surface area contributed by atoms with Crippen molar-refractivity contribution in [3.63, 3.8) is 0 Å². The molecule has 100 valence electrons. The fourth-order valence-electron chi connectivity index (χ4n) is 2.43. The lowest BCUT2D eigenvalue weighted by Gasteiger charge is -2.34. The molecule has 0 bridgehead atoms. The number of hydrogen-bond donors (Lipinski definition) is 2. The van der Waals surface area contributed by atoms with Crippen molar-refractivity contribution < 1.29 is 19.5 Å². The minimum Gasteiger partial charge on any atom is -0.476 e. The average Bonchev–Trinajstić information content (AvgIpc) is 2.81. The van der Waals surface area contributed by atoms with Gasteiger partial charge in [-0.2, -0.15) is 0 Å². The van der Waals surface area contributed by atoms with Crippen LogP contribution in [0.25, 0.3) is 0 Å². The second kappa shape index (κ2) is 5.97. The van der Waals surface area contributed by atoms with Gasteiger partial charge >= 0.3 is 5.97 Å². The van der Waals surface area contributed by atoms with Crippen LogP contribution < -0.4 is 0 Å². The number of carbonyl (C=O) groups is 1. The Balaban J connectivity index is 1.99. The van der Waals surface area contributed by atoms with Gasteiger partial charge in [-0.3, -0.25) is 4.90 Å². The third-order valence-corrected chi connectivity index (χ3v) is 3.35. The Bertz CT molecular complexity index is 403. The van der Waals surface area contributed by atoms with Gasteiger partial charge in [0.15, 0.2) is 11.5 Å². The van der Waals surface area contributed by atoms with Gasteiger partial charge in [-0.05, 0) is 25.8 Å². The molecule has 1 unspecified atom stereocenters. The zero-order valence-electron chi connectivity index (χ0n) is 10.2. The van der Waals surface area contributed by atoms with Crippen molar-refractivity contribution in [2.75, 3.05) is 13.2 Å². The first-order chi connectivity index (χ1) is 8.70. The molecule has 1 fully saturated rings. The molecule has 1 aliphatic rings. The second-order valence-electron chi connectivity index (χ2n) is 4.62. The van der Waals surface area contributed by atoms with Gasteiger partial charge in [0.05, 0.1) is 6.54 Å². The van der Waals surface area contributed by atoms with Gasteiger partial charge in [-0.25, -0.2) is 4.79 Å². The Hall–Kier alpha value is -1.40. The number of hydrogen-bond acceptors (Lipinski definition) is 5. The molecule has 1 aliphatic heterocycles. The first-order valence-electron chi connectivity index (χ1n) is 6.24. The van der Waals surface area contributed by atoms with Crippen LogP contribution in [0, 0.1) is 0 Å². The smallest absolute Gasteiger partial charge is 0.358 e. The van der Waals surface area contributed by atoms with Crippen molar-refractivity contribution in [2.24, 2.45) is 0 Å². The van der Waals surface area contributed by atoms with E-state index in [9.17, 15) is 4.79 Å². The Morgan fingerprint density at radius 1 is 1.56 bits per heavy atom. The quantitative estimate of drug-likeness (QED) is 0.818. The van der Waals surface area contributed by atoms with Crippen molar-refractivity contribution >= 4 is 5.97 Å². The molecule has 2 rings (SSSR count). The molecule has 6 heteroatoms. The number of carboxylic acid groups (broad SMARTS) is 1. The van der Waals surface area contributed by atoms with Crippen LogP contribution in [-0.4, -0.2) is 45.4 Å². The molecule has 2 N–H and O–H groups in total. The fraction of sp³-hybridized carbons (Fsp3) is 0.667. The Morgan fingerprint density at radius 3 is 3.06 bits per heavy atom. The number of rotatable bonds is 5. The van der Waals surface area contributed by atoms with Gasteiger partial charge in [0, 0.05) is 18.7 Å². The molecule has 1 aromatic heterocycles. The highest BCUT2D eigenvalue weighted by Gasteiger charge is 2.23. The molecular formula is C12H18N2O4. The summed E-state index contributed by atoms with van der Waals surface area (Å²) in [6.45, 7) is 1.69. The molecule has 0 spiro atoms. The van der Waals surface area contributed by atoms with Crippen LogP contribution >= 0.6 is 0 Å². The maximum absolute atomic E-state index is 10.7. The summed E-state index contributed by atoms with van der Waals surface area (Å²) in [4.78, 5) is 12.9. The summed E-state index contributed by atoms with van der Waals surface area (Å²) in [6.07, 6.45) is 4.13. The fourth-order valence-corrected chi connectivity index (χ4v) is 2.43. The minimum absolute atomic E-state index is 0.0549. The highest BCUT2D eigenvalue weighted by Crippen LogP contribution is 2.22. The summed E-state index contributed by atoms with van der Waals surface area (Å²) in [6, 6.07) is 1.81. The average molecular weight is 254 g/mol. The van der Waals surface area contributed by atoms with Gasteiger partial charge in [0.1, 0.15) is 0 Å². The van der Waals surface area contributed by atoms with Crippen molar-refractivity contribution in [1.82, 2.24) is 10.1 Å². The van der Waals surface area contributed by atoms with Crippen LogP contribution in [0.15, 0.2) is 10.6 Å². The Morgan fingerprint density at radius 2 is 2.39 bits per heavy atom. The molecule has 1 atom stereocenters. The van der Waals surface area contributed by atoms with Crippen molar-refractivity contribution in [2.45, 2.75) is 38.3 Å². The molecule has 0 amide bonds. The van der Waals surface area contributed by atoms with E-state index in [0.29, 0.717) is 18.3 Å². The number of aliphatic hydroxyl groups excluding tert-OH is 1. The predicted octanol–water partition coefficient (Wildman–Crippen LogP) is 1.11. The van der Waals surface area contributed by atoms with E-state index in [2.05, 4.69) is 10.1 Å². The first kappa shape index (κ1) is 13.0. The van der Waals surface area contributed by atoms with Gasteiger partial charge in [0.25, 0.3) is 0 Å². The molecule has 1 aromatic rings. The molecule has 0 saturated carbocycles. The molecule has 6 nitrogen and oxygen atoms in total. The molecule has 0 radical (unpaired) electrons. The highest BCUT2D eigenvalue weighted by atomic mass is 16.5. The third-order valence-electron chi connectivity index (χ3n) is 3.35. The second-order valence-corrected chi connectivity index (χ2v) is 4.62.